The Bertz CT molecular complexity index is 4570. The SMILES string of the molecule is CC1(C)c2ccccc2-c2ccc(-c3nc(-n4c5ccccc5c5ccc6c7ccccc7n(-c7ccccc7)c6c54)nc(-n4c5ccccc5c5ccc6c7ccccc7n(-c7ccccc7)c6c54)n3)cc21. The van der Waals surface area contributed by atoms with Crippen molar-refractivity contribution in [2.45, 2.75) is 19.3 Å². The molecule has 16 rings (SSSR count). The van der Waals surface area contributed by atoms with Crippen LogP contribution in [0.2, 0.25) is 0 Å². The molecule has 0 atom stereocenters. The Balaban J connectivity index is 1.08. The molecule has 0 saturated heterocycles. The van der Waals surface area contributed by atoms with E-state index in [1.54, 1.807) is 0 Å². The van der Waals surface area contributed by atoms with Crippen molar-refractivity contribution < 1.29 is 0 Å². The summed E-state index contributed by atoms with van der Waals surface area (Å²) >= 11 is 0. The molecule has 0 amide bonds. The Kier molecular flexibility index (Phi) is 8.11. The largest absolute Gasteiger partial charge is 0.307 e. The summed E-state index contributed by atoms with van der Waals surface area (Å²) in [5.74, 6) is 1.67. The highest BCUT2D eigenvalue weighted by Crippen LogP contribution is 2.50. The molecule has 0 unspecified atom stereocenters. The van der Waals surface area contributed by atoms with Crippen LogP contribution in [0.15, 0.2) is 224 Å². The minimum absolute atomic E-state index is 0.229. The fourth-order valence-electron chi connectivity index (χ4n) is 12.6. The second-order valence-electron chi connectivity index (χ2n) is 20.0. The minimum Gasteiger partial charge on any atom is -0.307 e. The van der Waals surface area contributed by atoms with Gasteiger partial charge in [-0.2, -0.15) is 15.0 Å². The fraction of sp³-hybridized carbons (Fsp3) is 0.0455. The number of fused-ring (bicyclic) bond motifs is 17. The van der Waals surface area contributed by atoms with Crippen molar-refractivity contribution in [3.05, 3.63) is 236 Å². The number of benzene rings is 10. The summed E-state index contributed by atoms with van der Waals surface area (Å²) in [5, 5.41) is 9.16. The lowest BCUT2D eigenvalue weighted by atomic mass is 9.82. The Morgan fingerprint density at radius 3 is 1.14 bits per heavy atom. The maximum absolute atomic E-state index is 5.79. The zero-order valence-electron chi connectivity index (χ0n) is 40.0. The van der Waals surface area contributed by atoms with Crippen molar-refractivity contribution in [1.29, 1.82) is 0 Å². The lowest BCUT2D eigenvalue weighted by molar-refractivity contribution is 0.660. The molecule has 0 bridgehead atoms. The molecule has 10 aromatic carbocycles. The molecule has 1 aliphatic rings. The van der Waals surface area contributed by atoms with Crippen LogP contribution in [0.4, 0.5) is 0 Å². The first-order chi connectivity index (χ1) is 36.0. The summed E-state index contributed by atoms with van der Waals surface area (Å²) in [6.07, 6.45) is 0. The molecule has 0 N–H and O–H groups in total. The molecule has 0 radical (unpaired) electrons. The minimum atomic E-state index is -0.229. The topological polar surface area (TPSA) is 58.4 Å². The van der Waals surface area contributed by atoms with Crippen molar-refractivity contribution in [1.82, 2.24) is 33.2 Å². The number of rotatable bonds is 5. The van der Waals surface area contributed by atoms with Gasteiger partial charge in [0.05, 0.1) is 44.1 Å². The van der Waals surface area contributed by atoms with Gasteiger partial charge in [0.15, 0.2) is 5.82 Å². The van der Waals surface area contributed by atoms with Crippen molar-refractivity contribution in [3.8, 4) is 45.8 Å². The van der Waals surface area contributed by atoms with Gasteiger partial charge < -0.3 is 9.13 Å². The third-order valence-corrected chi connectivity index (χ3v) is 15.8. The second kappa shape index (κ2) is 14.7. The van der Waals surface area contributed by atoms with Crippen molar-refractivity contribution in [3.63, 3.8) is 0 Å². The molecule has 73 heavy (non-hydrogen) atoms. The van der Waals surface area contributed by atoms with Crippen LogP contribution in [0.5, 0.6) is 0 Å². The van der Waals surface area contributed by atoms with Crippen LogP contribution in [0.3, 0.4) is 0 Å². The summed E-state index contributed by atoms with van der Waals surface area (Å²) in [6, 6.07) is 81.0. The molecule has 0 spiro atoms. The normalized spacial score (nSPS) is 13.2. The predicted octanol–water partition coefficient (Wildman–Crippen LogP) is 16.2. The highest BCUT2D eigenvalue weighted by atomic mass is 15.3. The third-order valence-electron chi connectivity index (χ3n) is 15.8. The molecule has 5 aromatic heterocycles. The van der Waals surface area contributed by atoms with E-state index in [0.717, 1.165) is 93.4 Å². The second-order valence-corrected chi connectivity index (χ2v) is 20.0. The zero-order chi connectivity index (χ0) is 48.1. The van der Waals surface area contributed by atoms with Crippen molar-refractivity contribution >= 4 is 87.2 Å². The van der Waals surface area contributed by atoms with Gasteiger partial charge in [-0.15, -0.1) is 0 Å². The van der Waals surface area contributed by atoms with E-state index < -0.39 is 0 Å². The van der Waals surface area contributed by atoms with Gasteiger partial charge in [-0.3, -0.25) is 9.13 Å². The predicted molar refractivity (Wildman–Crippen MR) is 300 cm³/mol. The van der Waals surface area contributed by atoms with Gasteiger partial charge in [0, 0.05) is 65.4 Å². The summed E-state index contributed by atoms with van der Waals surface area (Å²) in [7, 11) is 0. The zero-order valence-corrected chi connectivity index (χ0v) is 40.0. The maximum Gasteiger partial charge on any atom is 0.240 e. The van der Waals surface area contributed by atoms with Crippen LogP contribution in [-0.2, 0) is 5.41 Å². The number of nitrogens with zero attached hydrogens (tertiary/aromatic N) is 7. The Hall–Kier alpha value is -9.59. The van der Waals surface area contributed by atoms with Crippen LogP contribution in [0.1, 0.15) is 25.0 Å². The third kappa shape index (κ3) is 5.45. The maximum atomic E-state index is 5.79. The molecule has 0 fully saturated rings. The Morgan fingerprint density at radius 2 is 0.671 bits per heavy atom. The van der Waals surface area contributed by atoms with E-state index in [1.807, 2.05) is 0 Å². The quantitative estimate of drug-likeness (QED) is 0.173. The molecule has 7 heteroatoms. The molecule has 7 nitrogen and oxygen atoms in total. The molecular formula is C66H43N7. The Labute approximate surface area is 419 Å². The van der Waals surface area contributed by atoms with Crippen molar-refractivity contribution in [2.75, 3.05) is 0 Å². The molecular weight excluding hydrogens is 891 g/mol. The van der Waals surface area contributed by atoms with Gasteiger partial charge in [0.1, 0.15) is 0 Å². The number of aromatic nitrogens is 7. The fourth-order valence-corrected chi connectivity index (χ4v) is 12.6. The summed E-state index contributed by atoms with van der Waals surface area (Å²) in [6.45, 7) is 4.66. The highest BCUT2D eigenvalue weighted by molar-refractivity contribution is 6.25. The van der Waals surface area contributed by atoms with Crippen LogP contribution in [0.25, 0.3) is 133 Å². The average Bonchev–Trinajstić information content (AvgIpc) is 4.27. The van der Waals surface area contributed by atoms with E-state index in [9.17, 15) is 0 Å². The molecule has 342 valence electrons. The first kappa shape index (κ1) is 40.2. The van der Waals surface area contributed by atoms with Gasteiger partial charge in [-0.1, -0.05) is 184 Å². The van der Waals surface area contributed by atoms with Crippen LogP contribution < -0.4 is 0 Å². The van der Waals surface area contributed by atoms with Crippen LogP contribution in [-0.4, -0.2) is 33.2 Å². The molecule has 1 aliphatic carbocycles. The number of para-hydroxylation sites is 6. The molecule has 0 aliphatic heterocycles. The monoisotopic (exact) mass is 933 g/mol. The molecule has 5 heterocycles. The Morgan fingerprint density at radius 1 is 0.301 bits per heavy atom. The summed E-state index contributed by atoms with van der Waals surface area (Å²) in [5.41, 5.74) is 16.5. The lowest BCUT2D eigenvalue weighted by Gasteiger charge is -2.22. The van der Waals surface area contributed by atoms with Crippen molar-refractivity contribution in [2.24, 2.45) is 0 Å². The van der Waals surface area contributed by atoms with E-state index in [0.29, 0.717) is 17.7 Å². The van der Waals surface area contributed by atoms with E-state index in [-0.39, 0.29) is 5.41 Å². The van der Waals surface area contributed by atoms with Crippen LogP contribution >= 0.6 is 0 Å². The van der Waals surface area contributed by atoms with Gasteiger partial charge in [0.25, 0.3) is 0 Å². The molecule has 0 saturated carbocycles. The first-order valence-corrected chi connectivity index (χ1v) is 25.0. The summed E-state index contributed by atoms with van der Waals surface area (Å²) in [4.78, 5) is 17.1. The van der Waals surface area contributed by atoms with E-state index in [1.165, 1.54) is 33.0 Å². The van der Waals surface area contributed by atoms with Gasteiger partial charge in [-0.05, 0) is 76.9 Å². The van der Waals surface area contributed by atoms with Gasteiger partial charge in [0.2, 0.25) is 11.9 Å². The smallest absolute Gasteiger partial charge is 0.240 e. The number of hydrogen-bond acceptors (Lipinski definition) is 3. The molecule has 15 aromatic rings. The van der Waals surface area contributed by atoms with Gasteiger partial charge >= 0.3 is 0 Å². The highest BCUT2D eigenvalue weighted by Gasteiger charge is 2.36. The average molecular weight is 934 g/mol. The first-order valence-electron chi connectivity index (χ1n) is 25.0. The van der Waals surface area contributed by atoms with E-state index in [2.05, 4.69) is 257 Å². The standard InChI is InChI=1S/C66H43N7/c1-66(2)53-28-14-9-23-43(53)44-34-33-40(39-54(44)66)63-67-64(72-57-31-17-12-26-47(57)51-37-35-49-45-24-10-15-29-55(45)70(59(49)61(51)72)41-19-5-3-6-20-41)69-65(68-63)73-58-32-18-13-27-48(58)52-38-36-50-46-25-11-16-30-56(46)71(60(50)62(52)73)42-21-7-4-8-22-42/h3-39H,1-2H3. The summed E-state index contributed by atoms with van der Waals surface area (Å²) < 4.78 is 9.44. The number of hydrogen-bond donors (Lipinski definition) is 0. The van der Waals surface area contributed by atoms with Crippen LogP contribution in [0, 0.1) is 0 Å². The van der Waals surface area contributed by atoms with Gasteiger partial charge in [-0.25, -0.2) is 0 Å². The van der Waals surface area contributed by atoms with E-state index >= 15 is 0 Å². The lowest BCUT2D eigenvalue weighted by Crippen LogP contribution is -2.15. The van der Waals surface area contributed by atoms with E-state index in [4.69, 9.17) is 15.0 Å².